The molecule has 138 valence electrons. The Morgan fingerprint density at radius 1 is 1.28 bits per heavy atom. The first-order valence-electron chi connectivity index (χ1n) is 7.65. The van der Waals surface area contributed by atoms with Crippen molar-refractivity contribution in [1.29, 1.82) is 0 Å². The summed E-state index contributed by atoms with van der Waals surface area (Å²) < 4.78 is 62.7. The number of piperidine rings is 1. The van der Waals surface area contributed by atoms with Crippen molar-refractivity contribution >= 4 is 12.0 Å². The summed E-state index contributed by atoms with van der Waals surface area (Å²) in [6.45, 7) is 5.22. The van der Waals surface area contributed by atoms with Gasteiger partial charge < -0.3 is 4.74 Å². The highest BCUT2D eigenvalue weighted by Crippen LogP contribution is 2.50. The van der Waals surface area contributed by atoms with E-state index < -0.39 is 53.0 Å². The average Bonchev–Trinajstić information content (AvgIpc) is 2.43. The van der Waals surface area contributed by atoms with Gasteiger partial charge in [0.2, 0.25) is 0 Å². The molecule has 25 heavy (non-hydrogen) atoms. The fraction of sp³-hybridized carbons (Fsp3) is 0.529. The van der Waals surface area contributed by atoms with Gasteiger partial charge in [0, 0.05) is 5.56 Å². The molecule has 1 aliphatic rings. The molecule has 1 aromatic carbocycles. The second-order valence-electron chi connectivity index (χ2n) is 7.08. The molecular weight excluding hydrogens is 342 g/mol. The zero-order valence-corrected chi connectivity index (χ0v) is 14.3. The number of likely N-dealkylation sites (tertiary alicyclic amines) is 1. The van der Waals surface area contributed by atoms with E-state index in [1.54, 1.807) is 0 Å². The van der Waals surface area contributed by atoms with Crippen LogP contribution in [-0.2, 0) is 15.1 Å². The van der Waals surface area contributed by atoms with E-state index in [0.29, 0.717) is 0 Å². The monoisotopic (exact) mass is 361 g/mol. The van der Waals surface area contributed by atoms with Gasteiger partial charge in [-0.2, -0.15) is 0 Å². The standard InChI is InChI=1S/C17H19F4NO3/c1-15(2,3)25-14(24)22-13(23)12(19)9-17(20,21)16(22,4)10-7-5-6-8-11(10)18/h5-8,12H,9H2,1-4H3/t12-,16-/m1/s1. The molecule has 2 amide bonds. The number of ether oxygens (including phenoxy) is 1. The molecule has 0 unspecified atom stereocenters. The topological polar surface area (TPSA) is 46.6 Å². The molecule has 0 aliphatic carbocycles. The summed E-state index contributed by atoms with van der Waals surface area (Å²) in [7, 11) is 0. The Hall–Kier alpha value is -2.12. The first-order valence-corrected chi connectivity index (χ1v) is 7.65. The second kappa shape index (κ2) is 6.00. The summed E-state index contributed by atoms with van der Waals surface area (Å²) in [5.74, 6) is -6.42. The van der Waals surface area contributed by atoms with Crippen LogP contribution in [0.25, 0.3) is 0 Å². The van der Waals surface area contributed by atoms with E-state index in [9.17, 15) is 27.2 Å². The molecule has 0 spiro atoms. The van der Waals surface area contributed by atoms with Gasteiger partial charge in [-0.3, -0.25) is 4.79 Å². The third-order valence-corrected chi connectivity index (χ3v) is 4.06. The van der Waals surface area contributed by atoms with Crippen LogP contribution in [-0.4, -0.2) is 34.6 Å². The van der Waals surface area contributed by atoms with Crippen molar-refractivity contribution in [1.82, 2.24) is 4.90 Å². The number of halogens is 4. The van der Waals surface area contributed by atoms with Gasteiger partial charge in [0.25, 0.3) is 11.8 Å². The molecule has 0 bridgehead atoms. The Morgan fingerprint density at radius 2 is 1.84 bits per heavy atom. The Balaban J connectivity index is 2.67. The minimum absolute atomic E-state index is 0.00479. The molecule has 0 aromatic heterocycles. The molecule has 1 saturated heterocycles. The lowest BCUT2D eigenvalue weighted by Crippen LogP contribution is -2.67. The smallest absolute Gasteiger partial charge is 0.418 e. The predicted molar refractivity (Wildman–Crippen MR) is 81.3 cm³/mol. The third kappa shape index (κ3) is 3.21. The van der Waals surface area contributed by atoms with Gasteiger partial charge in [0.1, 0.15) is 17.0 Å². The molecule has 1 fully saturated rings. The number of alkyl halides is 3. The van der Waals surface area contributed by atoms with Gasteiger partial charge in [0.05, 0.1) is 6.42 Å². The Bertz CT molecular complexity index is 701. The minimum Gasteiger partial charge on any atom is -0.443 e. The van der Waals surface area contributed by atoms with Crippen molar-refractivity contribution in [3.8, 4) is 0 Å². The highest BCUT2D eigenvalue weighted by molar-refractivity contribution is 5.97. The Labute approximate surface area is 142 Å². The number of benzene rings is 1. The number of carbonyl (C=O) groups excluding carboxylic acids is 2. The number of hydrogen-bond donors (Lipinski definition) is 0. The zero-order chi connectivity index (χ0) is 19.2. The van der Waals surface area contributed by atoms with E-state index in [0.717, 1.165) is 19.1 Å². The van der Waals surface area contributed by atoms with Crippen molar-refractivity contribution in [3.63, 3.8) is 0 Å². The normalized spacial score (nSPS) is 26.5. The van der Waals surface area contributed by atoms with Crippen LogP contribution in [0, 0.1) is 5.82 Å². The Kier molecular flexibility index (Phi) is 4.61. The van der Waals surface area contributed by atoms with Crippen LogP contribution in [0.1, 0.15) is 39.7 Å². The minimum atomic E-state index is -3.90. The first kappa shape index (κ1) is 19.2. The molecule has 1 aromatic rings. The van der Waals surface area contributed by atoms with Crippen LogP contribution in [0.3, 0.4) is 0 Å². The van der Waals surface area contributed by atoms with Crippen LogP contribution in [0.2, 0.25) is 0 Å². The van der Waals surface area contributed by atoms with Crippen LogP contribution < -0.4 is 0 Å². The summed E-state index contributed by atoms with van der Waals surface area (Å²) in [5, 5.41) is 0. The number of rotatable bonds is 1. The SMILES string of the molecule is CC(C)(C)OC(=O)N1C(=O)[C@H](F)CC(F)(F)[C@@]1(C)c1ccccc1F. The van der Waals surface area contributed by atoms with Gasteiger partial charge in [0.15, 0.2) is 6.17 Å². The average molecular weight is 361 g/mol. The summed E-state index contributed by atoms with van der Waals surface area (Å²) in [4.78, 5) is 24.7. The van der Waals surface area contributed by atoms with E-state index in [1.165, 1.54) is 32.9 Å². The zero-order valence-electron chi connectivity index (χ0n) is 14.3. The Morgan fingerprint density at radius 3 is 2.36 bits per heavy atom. The molecule has 0 saturated carbocycles. The highest BCUT2D eigenvalue weighted by atomic mass is 19.3. The number of imide groups is 1. The highest BCUT2D eigenvalue weighted by Gasteiger charge is 2.66. The van der Waals surface area contributed by atoms with E-state index in [1.807, 2.05) is 0 Å². The van der Waals surface area contributed by atoms with Crippen LogP contribution in [0.15, 0.2) is 24.3 Å². The maximum absolute atomic E-state index is 14.8. The maximum Gasteiger partial charge on any atom is 0.418 e. The number of carbonyl (C=O) groups is 2. The third-order valence-electron chi connectivity index (χ3n) is 4.06. The van der Waals surface area contributed by atoms with E-state index in [4.69, 9.17) is 4.74 Å². The van der Waals surface area contributed by atoms with Gasteiger partial charge in [-0.25, -0.2) is 27.3 Å². The fourth-order valence-corrected chi connectivity index (χ4v) is 2.79. The largest absolute Gasteiger partial charge is 0.443 e. The summed E-state index contributed by atoms with van der Waals surface area (Å²) in [5.41, 5.74) is -4.43. The number of nitrogens with zero attached hydrogens (tertiary/aromatic N) is 1. The van der Waals surface area contributed by atoms with Crippen molar-refractivity contribution in [3.05, 3.63) is 35.6 Å². The van der Waals surface area contributed by atoms with Gasteiger partial charge >= 0.3 is 6.09 Å². The van der Waals surface area contributed by atoms with Crippen molar-refractivity contribution in [2.24, 2.45) is 0 Å². The fourth-order valence-electron chi connectivity index (χ4n) is 2.79. The molecule has 1 aliphatic heterocycles. The van der Waals surface area contributed by atoms with Gasteiger partial charge in [-0.15, -0.1) is 0 Å². The lowest BCUT2D eigenvalue weighted by atomic mass is 9.77. The van der Waals surface area contributed by atoms with Crippen LogP contribution in [0.4, 0.5) is 22.4 Å². The predicted octanol–water partition coefficient (Wildman–Crippen LogP) is 4.18. The molecule has 2 atom stereocenters. The lowest BCUT2D eigenvalue weighted by molar-refractivity contribution is -0.195. The molecule has 0 radical (unpaired) electrons. The summed E-state index contributed by atoms with van der Waals surface area (Å²) >= 11 is 0. The molecule has 1 heterocycles. The van der Waals surface area contributed by atoms with Crippen molar-refractivity contribution in [2.45, 2.75) is 57.3 Å². The first-order chi connectivity index (χ1) is 11.3. The van der Waals surface area contributed by atoms with E-state index in [-0.39, 0.29) is 4.90 Å². The summed E-state index contributed by atoms with van der Waals surface area (Å²) in [6, 6.07) is 4.53. The van der Waals surface area contributed by atoms with E-state index >= 15 is 0 Å². The van der Waals surface area contributed by atoms with Crippen LogP contribution >= 0.6 is 0 Å². The number of amides is 2. The quantitative estimate of drug-likeness (QED) is 0.705. The van der Waals surface area contributed by atoms with Crippen LogP contribution in [0.5, 0.6) is 0 Å². The number of hydrogen-bond acceptors (Lipinski definition) is 3. The van der Waals surface area contributed by atoms with Crippen molar-refractivity contribution < 1.29 is 31.9 Å². The van der Waals surface area contributed by atoms with Crippen molar-refractivity contribution in [2.75, 3.05) is 0 Å². The van der Waals surface area contributed by atoms with E-state index in [2.05, 4.69) is 0 Å². The molecule has 0 N–H and O–H groups in total. The lowest BCUT2D eigenvalue weighted by Gasteiger charge is -2.48. The van der Waals surface area contributed by atoms with Gasteiger partial charge in [-0.1, -0.05) is 18.2 Å². The van der Waals surface area contributed by atoms with Gasteiger partial charge in [-0.05, 0) is 33.8 Å². The second-order valence-corrected chi connectivity index (χ2v) is 7.08. The molecule has 8 heteroatoms. The molecular formula is C17H19F4NO3. The molecule has 4 nitrogen and oxygen atoms in total. The summed E-state index contributed by atoms with van der Waals surface area (Å²) in [6.07, 6.45) is -5.50. The molecule has 2 rings (SSSR count). The maximum atomic E-state index is 14.8.